The smallest absolute Gasteiger partial charge is 0.261 e. The molecule has 0 bridgehead atoms. The number of aromatic amines is 1. The second-order valence-electron chi connectivity index (χ2n) is 5.76. The standard InChI is InChI=1S/C19H14ClN3O2S/c20-19-18(23-26(24,25)16-4-2-1-3-5-16)11-15(12-22-19)14-7-6-13-8-9-21-17(13)10-14/h1-12,21,23H. The Morgan fingerprint density at radius 2 is 1.77 bits per heavy atom. The third kappa shape index (κ3) is 3.16. The van der Waals surface area contributed by atoms with Crippen molar-refractivity contribution < 1.29 is 8.42 Å². The first-order chi connectivity index (χ1) is 12.5. The van der Waals surface area contributed by atoms with Gasteiger partial charge in [0.2, 0.25) is 0 Å². The summed E-state index contributed by atoms with van der Waals surface area (Å²) >= 11 is 6.11. The van der Waals surface area contributed by atoms with E-state index in [0.29, 0.717) is 0 Å². The third-order valence-electron chi connectivity index (χ3n) is 4.03. The van der Waals surface area contributed by atoms with Crippen molar-refractivity contribution in [3.63, 3.8) is 0 Å². The van der Waals surface area contributed by atoms with Crippen molar-refractivity contribution >= 4 is 38.2 Å². The number of aromatic nitrogens is 2. The van der Waals surface area contributed by atoms with Gasteiger partial charge in [-0.2, -0.15) is 0 Å². The van der Waals surface area contributed by atoms with Gasteiger partial charge >= 0.3 is 0 Å². The summed E-state index contributed by atoms with van der Waals surface area (Å²) in [5.41, 5.74) is 2.89. The Balaban J connectivity index is 1.72. The Morgan fingerprint density at radius 3 is 2.58 bits per heavy atom. The van der Waals surface area contributed by atoms with Gasteiger partial charge in [0.05, 0.1) is 10.6 Å². The minimum atomic E-state index is -3.74. The number of benzene rings is 2. The van der Waals surface area contributed by atoms with E-state index in [1.807, 2.05) is 30.5 Å². The van der Waals surface area contributed by atoms with Crippen molar-refractivity contribution in [2.45, 2.75) is 4.90 Å². The molecule has 2 aromatic heterocycles. The van der Waals surface area contributed by atoms with Crippen LogP contribution in [0, 0.1) is 0 Å². The first-order valence-electron chi connectivity index (χ1n) is 7.84. The second kappa shape index (κ2) is 6.48. The van der Waals surface area contributed by atoms with Crippen LogP contribution in [-0.4, -0.2) is 18.4 Å². The highest BCUT2D eigenvalue weighted by atomic mass is 35.5. The zero-order valence-electron chi connectivity index (χ0n) is 13.5. The third-order valence-corrected chi connectivity index (χ3v) is 5.71. The molecular weight excluding hydrogens is 370 g/mol. The van der Waals surface area contributed by atoms with Crippen LogP contribution in [0.3, 0.4) is 0 Å². The number of fused-ring (bicyclic) bond motifs is 1. The number of hydrogen-bond donors (Lipinski definition) is 2. The highest BCUT2D eigenvalue weighted by molar-refractivity contribution is 7.92. The fourth-order valence-corrected chi connectivity index (χ4v) is 3.99. The summed E-state index contributed by atoms with van der Waals surface area (Å²) in [5.74, 6) is 0. The van der Waals surface area contributed by atoms with Crippen molar-refractivity contribution in [1.29, 1.82) is 0 Å². The van der Waals surface area contributed by atoms with E-state index < -0.39 is 10.0 Å². The Kier molecular flexibility index (Phi) is 4.14. The average Bonchev–Trinajstić information content (AvgIpc) is 3.12. The van der Waals surface area contributed by atoms with Gasteiger partial charge in [0.15, 0.2) is 5.15 Å². The summed E-state index contributed by atoms with van der Waals surface area (Å²) in [6.45, 7) is 0. The van der Waals surface area contributed by atoms with Crippen molar-refractivity contribution in [3.05, 3.63) is 78.2 Å². The van der Waals surface area contributed by atoms with E-state index in [-0.39, 0.29) is 15.7 Å². The lowest BCUT2D eigenvalue weighted by Crippen LogP contribution is -2.13. The maximum Gasteiger partial charge on any atom is 0.261 e. The second-order valence-corrected chi connectivity index (χ2v) is 7.80. The van der Waals surface area contributed by atoms with Gasteiger partial charge < -0.3 is 4.98 Å². The van der Waals surface area contributed by atoms with E-state index >= 15 is 0 Å². The minimum absolute atomic E-state index is 0.0919. The Bertz CT molecular complexity index is 1190. The van der Waals surface area contributed by atoms with Crippen molar-refractivity contribution in [2.24, 2.45) is 0 Å². The van der Waals surface area contributed by atoms with Gasteiger partial charge in [-0.05, 0) is 41.3 Å². The van der Waals surface area contributed by atoms with E-state index in [0.717, 1.165) is 22.0 Å². The van der Waals surface area contributed by atoms with E-state index in [2.05, 4.69) is 14.7 Å². The number of nitrogens with one attached hydrogen (secondary N) is 2. The van der Waals surface area contributed by atoms with Crippen LogP contribution >= 0.6 is 11.6 Å². The highest BCUT2D eigenvalue weighted by Crippen LogP contribution is 2.30. The molecule has 4 aromatic rings. The van der Waals surface area contributed by atoms with Gasteiger partial charge in [0.1, 0.15) is 0 Å². The molecule has 0 amide bonds. The quantitative estimate of drug-likeness (QED) is 0.502. The molecule has 0 aliphatic carbocycles. The Labute approximate surface area is 155 Å². The summed E-state index contributed by atoms with van der Waals surface area (Å²) in [4.78, 5) is 7.45. The van der Waals surface area contributed by atoms with E-state index in [4.69, 9.17) is 11.6 Å². The maximum atomic E-state index is 12.5. The van der Waals surface area contributed by atoms with Crippen LogP contribution in [0.1, 0.15) is 0 Å². The Hall–Kier alpha value is -2.83. The van der Waals surface area contributed by atoms with E-state index in [1.165, 1.54) is 12.1 Å². The predicted octanol–water partition coefficient (Wildman–Crippen LogP) is 4.68. The number of anilines is 1. The number of halogens is 1. The molecule has 4 rings (SSSR count). The monoisotopic (exact) mass is 383 g/mol. The topological polar surface area (TPSA) is 74.8 Å². The van der Waals surface area contributed by atoms with E-state index in [9.17, 15) is 8.42 Å². The van der Waals surface area contributed by atoms with Crippen LogP contribution in [0.25, 0.3) is 22.0 Å². The molecule has 0 radical (unpaired) electrons. The molecule has 2 aromatic carbocycles. The van der Waals surface area contributed by atoms with Crippen LogP contribution in [0.2, 0.25) is 5.15 Å². The molecule has 0 aliphatic rings. The Morgan fingerprint density at radius 1 is 0.962 bits per heavy atom. The molecule has 130 valence electrons. The number of hydrogen-bond acceptors (Lipinski definition) is 3. The molecule has 5 nitrogen and oxygen atoms in total. The molecule has 0 aliphatic heterocycles. The zero-order chi connectivity index (χ0) is 18.1. The van der Waals surface area contributed by atoms with Crippen LogP contribution < -0.4 is 4.72 Å². The summed E-state index contributed by atoms with van der Waals surface area (Å²) in [7, 11) is -3.74. The number of rotatable bonds is 4. The lowest BCUT2D eigenvalue weighted by Gasteiger charge is -2.11. The molecular formula is C19H14ClN3O2S. The normalized spacial score (nSPS) is 11.6. The SMILES string of the molecule is O=S(=O)(Nc1cc(-c2ccc3cc[nH]c3c2)cnc1Cl)c1ccccc1. The van der Waals surface area contributed by atoms with Gasteiger partial charge in [-0.1, -0.05) is 41.9 Å². The highest BCUT2D eigenvalue weighted by Gasteiger charge is 2.16. The van der Waals surface area contributed by atoms with Crippen LogP contribution in [0.5, 0.6) is 0 Å². The summed E-state index contributed by atoms with van der Waals surface area (Å²) in [5, 5.41) is 1.19. The van der Waals surface area contributed by atoms with Gasteiger partial charge in [0, 0.05) is 23.5 Å². The number of nitrogens with zero attached hydrogens (tertiary/aromatic N) is 1. The fourth-order valence-electron chi connectivity index (χ4n) is 2.71. The lowest BCUT2D eigenvalue weighted by molar-refractivity contribution is 0.601. The summed E-state index contributed by atoms with van der Waals surface area (Å²) < 4.78 is 27.6. The molecule has 2 heterocycles. The largest absolute Gasteiger partial charge is 0.361 e. The number of H-pyrrole nitrogens is 1. The van der Waals surface area contributed by atoms with Crippen LogP contribution in [0.15, 0.2) is 78.0 Å². The molecule has 0 unspecified atom stereocenters. The van der Waals surface area contributed by atoms with E-state index in [1.54, 1.807) is 30.5 Å². The fraction of sp³-hybridized carbons (Fsp3) is 0. The van der Waals surface area contributed by atoms with Crippen molar-refractivity contribution in [3.8, 4) is 11.1 Å². The molecule has 0 atom stereocenters. The molecule has 2 N–H and O–H groups in total. The number of pyridine rings is 1. The summed E-state index contributed by atoms with van der Waals surface area (Å²) in [6.07, 6.45) is 3.49. The molecule has 0 saturated carbocycles. The average molecular weight is 384 g/mol. The van der Waals surface area contributed by atoms with Gasteiger partial charge in [0.25, 0.3) is 10.0 Å². The minimum Gasteiger partial charge on any atom is -0.361 e. The van der Waals surface area contributed by atoms with Crippen molar-refractivity contribution in [2.75, 3.05) is 4.72 Å². The van der Waals surface area contributed by atoms with Gasteiger partial charge in [-0.15, -0.1) is 0 Å². The maximum absolute atomic E-state index is 12.5. The molecule has 0 spiro atoms. The van der Waals surface area contributed by atoms with Crippen molar-refractivity contribution in [1.82, 2.24) is 9.97 Å². The molecule has 7 heteroatoms. The molecule has 0 saturated heterocycles. The van der Waals surface area contributed by atoms with Gasteiger partial charge in [-0.25, -0.2) is 13.4 Å². The lowest BCUT2D eigenvalue weighted by atomic mass is 10.1. The first-order valence-corrected chi connectivity index (χ1v) is 9.70. The molecule has 26 heavy (non-hydrogen) atoms. The molecule has 0 fully saturated rings. The predicted molar refractivity (Wildman–Crippen MR) is 104 cm³/mol. The first kappa shape index (κ1) is 16.6. The van der Waals surface area contributed by atoms with Gasteiger partial charge in [-0.3, -0.25) is 4.72 Å². The van der Waals surface area contributed by atoms with Crippen LogP contribution in [0.4, 0.5) is 5.69 Å². The van der Waals surface area contributed by atoms with Crippen LogP contribution in [-0.2, 0) is 10.0 Å². The summed E-state index contributed by atoms with van der Waals surface area (Å²) in [6, 6.07) is 17.7. The number of sulfonamides is 1. The zero-order valence-corrected chi connectivity index (χ0v) is 15.1.